The van der Waals surface area contributed by atoms with Crippen molar-refractivity contribution in [3.8, 4) is 0 Å². The van der Waals surface area contributed by atoms with Crippen LogP contribution in [0, 0.1) is 5.92 Å². The van der Waals surface area contributed by atoms with Gasteiger partial charge in [-0.15, -0.1) is 12.4 Å². The van der Waals surface area contributed by atoms with E-state index in [-0.39, 0.29) is 30.1 Å². The van der Waals surface area contributed by atoms with Gasteiger partial charge in [-0.25, -0.2) is 0 Å². The third-order valence-electron chi connectivity index (χ3n) is 2.76. The molecule has 0 heterocycles. The van der Waals surface area contributed by atoms with Gasteiger partial charge in [-0.05, 0) is 38.0 Å². The molecule has 19 heavy (non-hydrogen) atoms. The van der Waals surface area contributed by atoms with Crippen LogP contribution >= 0.6 is 12.4 Å². The van der Waals surface area contributed by atoms with Gasteiger partial charge in [0.25, 0.3) is 0 Å². The molecule has 0 unspecified atom stereocenters. The zero-order valence-corrected chi connectivity index (χ0v) is 11.5. The lowest BCUT2D eigenvalue weighted by atomic mass is 10.2. The molecule has 6 heteroatoms. The second kappa shape index (κ2) is 6.54. The zero-order valence-electron chi connectivity index (χ0n) is 10.7. The maximum absolute atomic E-state index is 11.6. The van der Waals surface area contributed by atoms with Crippen LogP contribution in [0.3, 0.4) is 0 Å². The van der Waals surface area contributed by atoms with Crippen molar-refractivity contribution in [1.29, 1.82) is 0 Å². The Morgan fingerprint density at radius 2 is 1.84 bits per heavy atom. The molecule has 1 aliphatic rings. The Hall–Kier alpha value is -1.59. The summed E-state index contributed by atoms with van der Waals surface area (Å²) in [5.41, 5.74) is 6.79. The first-order valence-electron chi connectivity index (χ1n) is 6.03. The smallest absolute Gasteiger partial charge is 0.240 e. The first-order chi connectivity index (χ1) is 8.56. The van der Waals surface area contributed by atoms with Crippen molar-refractivity contribution in [2.24, 2.45) is 11.7 Å². The fraction of sp³-hybridized carbons (Fsp3) is 0.385. The molecule has 4 N–H and O–H groups in total. The van der Waals surface area contributed by atoms with E-state index in [2.05, 4.69) is 10.6 Å². The number of anilines is 2. The van der Waals surface area contributed by atoms with Gasteiger partial charge in [-0.3, -0.25) is 9.59 Å². The maximum Gasteiger partial charge on any atom is 0.240 e. The standard InChI is InChI=1S/C13H17N3O2.ClH/c1-8(14)12(17)15-10-3-2-4-11(7-10)16-13(18)9-5-6-9;/h2-4,7-9H,5-6,14H2,1H3,(H,15,17)(H,16,18);1H/t8-;/m0./s1. The number of halogens is 1. The molecule has 0 saturated heterocycles. The summed E-state index contributed by atoms with van der Waals surface area (Å²) in [5.74, 6) is -0.0429. The van der Waals surface area contributed by atoms with E-state index in [1.807, 2.05) is 0 Å². The maximum atomic E-state index is 11.6. The van der Waals surface area contributed by atoms with Gasteiger partial charge in [-0.2, -0.15) is 0 Å². The zero-order chi connectivity index (χ0) is 13.1. The first kappa shape index (κ1) is 15.5. The largest absolute Gasteiger partial charge is 0.326 e. The minimum absolute atomic E-state index is 0. The number of rotatable bonds is 4. The van der Waals surface area contributed by atoms with Crippen molar-refractivity contribution in [1.82, 2.24) is 0 Å². The second-order valence-electron chi connectivity index (χ2n) is 4.62. The summed E-state index contributed by atoms with van der Waals surface area (Å²) in [6, 6.07) is 6.49. The van der Waals surface area contributed by atoms with E-state index in [1.165, 1.54) is 0 Å². The Morgan fingerprint density at radius 1 is 1.26 bits per heavy atom. The molecular formula is C13H18ClN3O2. The highest BCUT2D eigenvalue weighted by Crippen LogP contribution is 2.30. The molecule has 1 atom stereocenters. The summed E-state index contributed by atoms with van der Waals surface area (Å²) in [7, 11) is 0. The minimum Gasteiger partial charge on any atom is -0.326 e. The summed E-state index contributed by atoms with van der Waals surface area (Å²) in [4.78, 5) is 23.0. The van der Waals surface area contributed by atoms with E-state index in [0.29, 0.717) is 11.4 Å². The van der Waals surface area contributed by atoms with E-state index in [1.54, 1.807) is 31.2 Å². The fourth-order valence-electron chi connectivity index (χ4n) is 1.52. The highest BCUT2D eigenvalue weighted by atomic mass is 35.5. The summed E-state index contributed by atoms with van der Waals surface area (Å²) < 4.78 is 0. The number of hydrogen-bond donors (Lipinski definition) is 3. The van der Waals surface area contributed by atoms with Gasteiger partial charge in [0.2, 0.25) is 11.8 Å². The summed E-state index contributed by atoms with van der Waals surface area (Å²) >= 11 is 0. The average molecular weight is 284 g/mol. The lowest BCUT2D eigenvalue weighted by Gasteiger charge is -2.10. The predicted octanol–water partition coefficient (Wildman–Crippen LogP) is 1.74. The van der Waals surface area contributed by atoms with Crippen LogP contribution < -0.4 is 16.4 Å². The predicted molar refractivity (Wildman–Crippen MR) is 77.3 cm³/mol. The Kier molecular flexibility index (Phi) is 5.32. The van der Waals surface area contributed by atoms with Crippen molar-refractivity contribution in [2.45, 2.75) is 25.8 Å². The van der Waals surface area contributed by atoms with Gasteiger partial charge in [-0.1, -0.05) is 6.07 Å². The summed E-state index contributed by atoms with van der Waals surface area (Å²) in [5, 5.41) is 5.51. The summed E-state index contributed by atoms with van der Waals surface area (Å²) in [6.45, 7) is 1.62. The van der Waals surface area contributed by atoms with Crippen LogP contribution in [0.25, 0.3) is 0 Å². The van der Waals surface area contributed by atoms with Crippen LogP contribution in [0.1, 0.15) is 19.8 Å². The molecule has 1 saturated carbocycles. The van der Waals surface area contributed by atoms with Gasteiger partial charge in [0.1, 0.15) is 0 Å². The van der Waals surface area contributed by atoms with Crippen molar-refractivity contribution in [2.75, 3.05) is 10.6 Å². The first-order valence-corrected chi connectivity index (χ1v) is 6.03. The average Bonchev–Trinajstić information content (AvgIpc) is 3.12. The molecule has 0 spiro atoms. The SMILES string of the molecule is C[C@H](N)C(=O)Nc1cccc(NC(=O)C2CC2)c1.Cl. The van der Waals surface area contributed by atoms with E-state index >= 15 is 0 Å². The normalized spacial score (nSPS) is 15.1. The molecule has 1 aliphatic carbocycles. The van der Waals surface area contributed by atoms with Gasteiger partial charge in [0.05, 0.1) is 6.04 Å². The third kappa shape index (κ3) is 4.54. The molecule has 1 aromatic rings. The van der Waals surface area contributed by atoms with Gasteiger partial charge < -0.3 is 16.4 Å². The van der Waals surface area contributed by atoms with Crippen molar-refractivity contribution < 1.29 is 9.59 Å². The third-order valence-corrected chi connectivity index (χ3v) is 2.76. The molecule has 1 fully saturated rings. The second-order valence-corrected chi connectivity index (χ2v) is 4.62. The molecule has 0 radical (unpaired) electrons. The van der Waals surface area contributed by atoms with Crippen LogP contribution in [-0.2, 0) is 9.59 Å². The molecule has 2 amide bonds. The molecular weight excluding hydrogens is 266 g/mol. The number of hydrogen-bond acceptors (Lipinski definition) is 3. The van der Waals surface area contributed by atoms with Gasteiger partial charge in [0.15, 0.2) is 0 Å². The monoisotopic (exact) mass is 283 g/mol. The van der Waals surface area contributed by atoms with E-state index < -0.39 is 6.04 Å². The molecule has 0 aromatic heterocycles. The Balaban J connectivity index is 0.00000180. The Labute approximate surface area is 118 Å². The van der Waals surface area contributed by atoms with Crippen molar-refractivity contribution in [3.63, 3.8) is 0 Å². The number of nitrogens with two attached hydrogens (primary N) is 1. The van der Waals surface area contributed by atoms with Gasteiger partial charge in [0, 0.05) is 17.3 Å². The van der Waals surface area contributed by atoms with Crippen LogP contribution in [0.15, 0.2) is 24.3 Å². The fourth-order valence-corrected chi connectivity index (χ4v) is 1.52. The highest BCUT2D eigenvalue weighted by Gasteiger charge is 2.29. The molecule has 5 nitrogen and oxygen atoms in total. The van der Waals surface area contributed by atoms with Crippen LogP contribution in [0.5, 0.6) is 0 Å². The summed E-state index contributed by atoms with van der Waals surface area (Å²) in [6.07, 6.45) is 1.93. The Bertz CT molecular complexity index is 441. The molecule has 1 aromatic carbocycles. The lowest BCUT2D eigenvalue weighted by Crippen LogP contribution is -2.32. The van der Waals surface area contributed by atoms with E-state index in [0.717, 1.165) is 12.8 Å². The molecule has 0 bridgehead atoms. The lowest BCUT2D eigenvalue weighted by molar-refractivity contribution is -0.117. The van der Waals surface area contributed by atoms with Crippen LogP contribution in [0.4, 0.5) is 11.4 Å². The van der Waals surface area contributed by atoms with E-state index in [9.17, 15) is 9.59 Å². The molecule has 0 aliphatic heterocycles. The number of carbonyl (C=O) groups excluding carboxylic acids is 2. The minimum atomic E-state index is -0.560. The van der Waals surface area contributed by atoms with Crippen molar-refractivity contribution in [3.05, 3.63) is 24.3 Å². The molecule has 2 rings (SSSR count). The number of carbonyl (C=O) groups is 2. The number of benzene rings is 1. The molecule has 104 valence electrons. The van der Waals surface area contributed by atoms with Crippen LogP contribution in [0.2, 0.25) is 0 Å². The van der Waals surface area contributed by atoms with Crippen molar-refractivity contribution >= 4 is 35.6 Å². The topological polar surface area (TPSA) is 84.2 Å². The van der Waals surface area contributed by atoms with E-state index in [4.69, 9.17) is 5.73 Å². The Morgan fingerprint density at radius 3 is 2.37 bits per heavy atom. The van der Waals surface area contributed by atoms with Crippen LogP contribution in [-0.4, -0.2) is 17.9 Å². The number of amides is 2. The highest BCUT2D eigenvalue weighted by molar-refractivity contribution is 5.97. The number of nitrogens with one attached hydrogen (secondary N) is 2. The van der Waals surface area contributed by atoms with Gasteiger partial charge >= 0.3 is 0 Å². The quantitative estimate of drug-likeness (QED) is 0.787.